The standard InChI is InChI=1S/C18H25FN4OS/c1-12(24-16-8-6-5-7-15(16)19)11-22-18(20-4)21-10-9-17-23-13(2)14(3)25-17/h5-8,12H,9-11H2,1-4H3,(H2,20,21,22). The van der Waals surface area contributed by atoms with E-state index in [9.17, 15) is 4.39 Å². The van der Waals surface area contributed by atoms with Crippen LogP contribution in [-0.2, 0) is 6.42 Å². The summed E-state index contributed by atoms with van der Waals surface area (Å²) in [5, 5.41) is 7.56. The summed E-state index contributed by atoms with van der Waals surface area (Å²) in [5.41, 5.74) is 1.10. The van der Waals surface area contributed by atoms with Crippen molar-refractivity contribution in [1.82, 2.24) is 15.6 Å². The molecule has 0 spiro atoms. The Bertz CT molecular complexity index is 697. The van der Waals surface area contributed by atoms with Gasteiger partial charge in [-0.2, -0.15) is 0 Å². The highest BCUT2D eigenvalue weighted by Gasteiger charge is 2.09. The summed E-state index contributed by atoms with van der Waals surface area (Å²) in [5.74, 6) is 0.592. The summed E-state index contributed by atoms with van der Waals surface area (Å²) >= 11 is 1.73. The van der Waals surface area contributed by atoms with Crippen LogP contribution in [0.15, 0.2) is 29.3 Å². The van der Waals surface area contributed by atoms with Crippen LogP contribution in [0.1, 0.15) is 22.5 Å². The maximum absolute atomic E-state index is 13.6. The molecule has 1 aromatic heterocycles. The van der Waals surface area contributed by atoms with Gasteiger partial charge < -0.3 is 15.4 Å². The van der Waals surface area contributed by atoms with E-state index in [-0.39, 0.29) is 17.7 Å². The van der Waals surface area contributed by atoms with Crippen LogP contribution in [0.4, 0.5) is 4.39 Å². The molecule has 7 heteroatoms. The number of hydrogen-bond acceptors (Lipinski definition) is 4. The van der Waals surface area contributed by atoms with Crippen LogP contribution in [0.25, 0.3) is 0 Å². The molecule has 1 atom stereocenters. The number of aryl methyl sites for hydroxylation is 2. The van der Waals surface area contributed by atoms with Crippen molar-refractivity contribution in [3.05, 3.63) is 45.7 Å². The summed E-state index contributed by atoms with van der Waals surface area (Å²) in [6.07, 6.45) is 0.654. The fourth-order valence-corrected chi connectivity index (χ4v) is 3.13. The molecule has 0 amide bonds. The van der Waals surface area contributed by atoms with Crippen molar-refractivity contribution in [3.8, 4) is 5.75 Å². The van der Waals surface area contributed by atoms with Gasteiger partial charge in [-0.1, -0.05) is 12.1 Å². The van der Waals surface area contributed by atoms with Crippen LogP contribution in [0, 0.1) is 19.7 Å². The van der Waals surface area contributed by atoms with Gasteiger partial charge in [0, 0.05) is 24.9 Å². The minimum atomic E-state index is -0.356. The summed E-state index contributed by atoms with van der Waals surface area (Å²) < 4.78 is 19.2. The molecule has 2 aromatic rings. The Kier molecular flexibility index (Phi) is 7.18. The van der Waals surface area contributed by atoms with Crippen molar-refractivity contribution in [2.24, 2.45) is 4.99 Å². The van der Waals surface area contributed by atoms with Crippen LogP contribution in [0.2, 0.25) is 0 Å². The van der Waals surface area contributed by atoms with Crippen molar-refractivity contribution in [2.75, 3.05) is 20.1 Å². The lowest BCUT2D eigenvalue weighted by atomic mass is 10.3. The predicted molar refractivity (Wildman–Crippen MR) is 101 cm³/mol. The SMILES string of the molecule is CN=C(NCCc1nc(C)c(C)s1)NCC(C)Oc1ccccc1F. The van der Waals surface area contributed by atoms with Crippen LogP contribution < -0.4 is 15.4 Å². The molecule has 1 aromatic carbocycles. The third-order valence-electron chi connectivity index (χ3n) is 3.65. The maximum atomic E-state index is 13.6. The van der Waals surface area contributed by atoms with Gasteiger partial charge in [-0.05, 0) is 32.9 Å². The van der Waals surface area contributed by atoms with E-state index in [2.05, 4.69) is 27.5 Å². The van der Waals surface area contributed by atoms with Gasteiger partial charge in [0.05, 0.1) is 17.2 Å². The minimum absolute atomic E-state index is 0.195. The van der Waals surface area contributed by atoms with E-state index in [0.717, 1.165) is 23.7 Å². The molecular formula is C18H25FN4OS. The molecule has 0 bridgehead atoms. The molecule has 2 N–H and O–H groups in total. The van der Waals surface area contributed by atoms with E-state index < -0.39 is 0 Å². The van der Waals surface area contributed by atoms with E-state index in [0.29, 0.717) is 12.5 Å². The fraction of sp³-hybridized carbons (Fsp3) is 0.444. The molecule has 2 rings (SSSR count). The van der Waals surface area contributed by atoms with Gasteiger partial charge in [-0.3, -0.25) is 4.99 Å². The smallest absolute Gasteiger partial charge is 0.191 e. The number of aromatic nitrogens is 1. The first kappa shape index (κ1) is 19.2. The lowest BCUT2D eigenvalue weighted by Gasteiger charge is -2.18. The number of thiazole rings is 1. The van der Waals surface area contributed by atoms with E-state index >= 15 is 0 Å². The van der Waals surface area contributed by atoms with Gasteiger partial charge in [-0.15, -0.1) is 11.3 Å². The van der Waals surface area contributed by atoms with Gasteiger partial charge in [0.25, 0.3) is 0 Å². The van der Waals surface area contributed by atoms with Crippen molar-refractivity contribution in [3.63, 3.8) is 0 Å². The number of para-hydroxylation sites is 1. The third kappa shape index (κ3) is 6.01. The number of hydrogen-bond donors (Lipinski definition) is 2. The van der Waals surface area contributed by atoms with Crippen LogP contribution >= 0.6 is 11.3 Å². The van der Waals surface area contributed by atoms with Gasteiger partial charge in [0.1, 0.15) is 6.10 Å². The molecular weight excluding hydrogens is 339 g/mol. The third-order valence-corrected chi connectivity index (χ3v) is 4.78. The Morgan fingerprint density at radius 1 is 1.32 bits per heavy atom. The molecule has 0 aliphatic carbocycles. The molecule has 0 saturated carbocycles. The predicted octanol–water partition coefficient (Wildman–Crippen LogP) is 3.07. The lowest BCUT2D eigenvalue weighted by molar-refractivity contribution is 0.214. The molecule has 0 saturated heterocycles. The Labute approximate surface area is 152 Å². The summed E-state index contributed by atoms with van der Waals surface area (Å²) in [6.45, 7) is 7.26. The van der Waals surface area contributed by atoms with Gasteiger partial charge in [-0.25, -0.2) is 9.37 Å². The highest BCUT2D eigenvalue weighted by molar-refractivity contribution is 7.11. The molecule has 136 valence electrons. The highest BCUT2D eigenvalue weighted by Crippen LogP contribution is 2.17. The van der Waals surface area contributed by atoms with E-state index in [1.165, 1.54) is 10.9 Å². The second kappa shape index (κ2) is 9.36. The number of nitrogens with one attached hydrogen (secondary N) is 2. The normalized spacial score (nSPS) is 12.8. The Morgan fingerprint density at radius 3 is 2.72 bits per heavy atom. The average Bonchev–Trinajstić information content (AvgIpc) is 2.91. The van der Waals surface area contributed by atoms with Gasteiger partial charge in [0.2, 0.25) is 0 Å². The number of rotatable bonds is 7. The molecule has 1 heterocycles. The molecule has 0 radical (unpaired) electrons. The van der Waals surface area contributed by atoms with Crippen LogP contribution in [0.5, 0.6) is 5.75 Å². The van der Waals surface area contributed by atoms with Crippen molar-refractivity contribution in [2.45, 2.75) is 33.3 Å². The second-order valence-electron chi connectivity index (χ2n) is 5.74. The first-order chi connectivity index (χ1) is 12.0. The molecule has 1 unspecified atom stereocenters. The minimum Gasteiger partial charge on any atom is -0.486 e. The Morgan fingerprint density at radius 2 is 2.08 bits per heavy atom. The number of aliphatic imine (C=N–C) groups is 1. The first-order valence-electron chi connectivity index (χ1n) is 8.28. The quantitative estimate of drug-likeness (QED) is 0.586. The van der Waals surface area contributed by atoms with Crippen LogP contribution in [0.3, 0.4) is 0 Å². The van der Waals surface area contributed by atoms with Crippen molar-refractivity contribution >= 4 is 17.3 Å². The van der Waals surface area contributed by atoms with Gasteiger partial charge in [0.15, 0.2) is 17.5 Å². The van der Waals surface area contributed by atoms with E-state index in [1.54, 1.807) is 36.6 Å². The topological polar surface area (TPSA) is 58.5 Å². The number of benzene rings is 1. The average molecular weight is 364 g/mol. The summed E-state index contributed by atoms with van der Waals surface area (Å²) in [6, 6.07) is 6.40. The lowest BCUT2D eigenvalue weighted by Crippen LogP contribution is -2.42. The van der Waals surface area contributed by atoms with E-state index in [1.807, 2.05) is 13.8 Å². The molecule has 5 nitrogen and oxygen atoms in total. The fourth-order valence-electron chi connectivity index (χ4n) is 2.19. The zero-order chi connectivity index (χ0) is 18.2. The van der Waals surface area contributed by atoms with E-state index in [4.69, 9.17) is 4.74 Å². The molecule has 0 aliphatic rings. The molecule has 0 aliphatic heterocycles. The van der Waals surface area contributed by atoms with Gasteiger partial charge >= 0.3 is 0 Å². The molecule has 25 heavy (non-hydrogen) atoms. The summed E-state index contributed by atoms with van der Waals surface area (Å²) in [4.78, 5) is 9.97. The first-order valence-corrected chi connectivity index (χ1v) is 9.10. The Balaban J connectivity index is 1.73. The monoisotopic (exact) mass is 364 g/mol. The van der Waals surface area contributed by atoms with Crippen LogP contribution in [-0.4, -0.2) is 37.2 Å². The largest absolute Gasteiger partial charge is 0.486 e. The van der Waals surface area contributed by atoms with Crippen molar-refractivity contribution < 1.29 is 9.13 Å². The Hall–Kier alpha value is -2.15. The summed E-state index contributed by atoms with van der Waals surface area (Å²) in [7, 11) is 1.72. The number of nitrogens with zero attached hydrogens (tertiary/aromatic N) is 2. The highest BCUT2D eigenvalue weighted by atomic mass is 32.1. The number of halogens is 1. The number of ether oxygens (including phenoxy) is 1. The maximum Gasteiger partial charge on any atom is 0.191 e. The second-order valence-corrected chi connectivity index (χ2v) is 7.03. The molecule has 0 fully saturated rings. The zero-order valence-electron chi connectivity index (χ0n) is 15.1. The number of guanidine groups is 1. The zero-order valence-corrected chi connectivity index (χ0v) is 15.9. The van der Waals surface area contributed by atoms with Crippen molar-refractivity contribution in [1.29, 1.82) is 0 Å².